The maximum atomic E-state index is 13.0. The summed E-state index contributed by atoms with van der Waals surface area (Å²) in [7, 11) is -3.53. The van der Waals surface area contributed by atoms with Crippen LogP contribution in [0.2, 0.25) is 0 Å². The second-order valence-electron chi connectivity index (χ2n) is 8.43. The number of benzene rings is 2. The van der Waals surface area contributed by atoms with E-state index in [-0.39, 0.29) is 35.5 Å². The number of aryl methyl sites for hydroxylation is 2. The van der Waals surface area contributed by atoms with Crippen molar-refractivity contribution in [2.24, 2.45) is 0 Å². The normalized spacial score (nSPS) is 15.2. The summed E-state index contributed by atoms with van der Waals surface area (Å²) >= 11 is 1.56. The van der Waals surface area contributed by atoms with Crippen molar-refractivity contribution in [2.45, 2.75) is 50.5 Å². The van der Waals surface area contributed by atoms with Crippen LogP contribution in [0.4, 0.5) is 4.39 Å². The molecule has 0 aliphatic carbocycles. The van der Waals surface area contributed by atoms with E-state index in [0.717, 1.165) is 27.9 Å². The van der Waals surface area contributed by atoms with Gasteiger partial charge < -0.3 is 9.64 Å². The molecule has 1 fully saturated rings. The molecule has 0 saturated carbocycles. The van der Waals surface area contributed by atoms with Crippen LogP contribution in [0, 0.1) is 19.7 Å². The van der Waals surface area contributed by atoms with Crippen molar-refractivity contribution in [1.82, 2.24) is 9.88 Å². The Kier molecular flexibility index (Phi) is 6.99. The average Bonchev–Trinajstić information content (AvgIpc) is 3.22. The fraction of sp³-hybridized carbons (Fsp3) is 0.417. The van der Waals surface area contributed by atoms with Crippen LogP contribution in [0.3, 0.4) is 0 Å². The lowest BCUT2D eigenvalue weighted by Gasteiger charge is -2.31. The summed E-state index contributed by atoms with van der Waals surface area (Å²) in [5, 5.41) is 0.665. The molecule has 1 saturated heterocycles. The maximum Gasteiger partial charge on any atom is 0.274 e. The molecule has 2 aromatic carbocycles. The van der Waals surface area contributed by atoms with Crippen LogP contribution >= 0.6 is 11.3 Å². The van der Waals surface area contributed by atoms with Crippen molar-refractivity contribution in [3.8, 4) is 5.19 Å². The Hall–Kier alpha value is -2.52. The van der Waals surface area contributed by atoms with Crippen molar-refractivity contribution < 1.29 is 22.3 Å². The topological polar surface area (TPSA) is 76.6 Å². The number of sulfone groups is 1. The van der Waals surface area contributed by atoms with E-state index >= 15 is 0 Å². The lowest BCUT2D eigenvalue weighted by Crippen LogP contribution is -2.41. The zero-order valence-corrected chi connectivity index (χ0v) is 20.3. The molecule has 0 N–H and O–H groups in total. The van der Waals surface area contributed by atoms with Gasteiger partial charge in [-0.05, 0) is 55.7 Å². The van der Waals surface area contributed by atoms with Crippen LogP contribution in [0.1, 0.15) is 36.8 Å². The van der Waals surface area contributed by atoms with Gasteiger partial charge in [0.25, 0.3) is 5.19 Å². The molecule has 0 bridgehead atoms. The van der Waals surface area contributed by atoms with Gasteiger partial charge in [-0.3, -0.25) is 4.79 Å². The van der Waals surface area contributed by atoms with Gasteiger partial charge in [-0.15, -0.1) is 0 Å². The first-order chi connectivity index (χ1) is 15.7. The lowest BCUT2D eigenvalue weighted by atomic mass is 10.1. The van der Waals surface area contributed by atoms with Gasteiger partial charge in [0.05, 0.1) is 20.9 Å². The molecule has 33 heavy (non-hydrogen) atoms. The Labute approximate surface area is 197 Å². The molecule has 3 aromatic rings. The number of carbonyl (C=O) groups excluding carboxylic acids is 1. The third-order valence-electron chi connectivity index (χ3n) is 5.96. The minimum Gasteiger partial charge on any atom is -0.467 e. The number of nitrogens with zero attached hydrogens (tertiary/aromatic N) is 2. The summed E-state index contributed by atoms with van der Waals surface area (Å²) in [6, 6.07) is 8.92. The molecular formula is C24H27FN2O4S2. The number of hydrogen-bond acceptors (Lipinski definition) is 6. The fourth-order valence-corrected chi connectivity index (χ4v) is 6.33. The largest absolute Gasteiger partial charge is 0.467 e. The number of thiazole rings is 1. The van der Waals surface area contributed by atoms with Crippen molar-refractivity contribution in [3.63, 3.8) is 0 Å². The Morgan fingerprint density at radius 1 is 1.12 bits per heavy atom. The first-order valence-electron chi connectivity index (χ1n) is 11.0. The molecule has 1 aliphatic rings. The molecule has 4 rings (SSSR count). The van der Waals surface area contributed by atoms with Crippen LogP contribution in [0.15, 0.2) is 41.3 Å². The van der Waals surface area contributed by atoms with E-state index in [4.69, 9.17) is 4.74 Å². The van der Waals surface area contributed by atoms with Gasteiger partial charge in [0.1, 0.15) is 11.9 Å². The molecule has 0 spiro atoms. The lowest BCUT2D eigenvalue weighted by molar-refractivity contribution is -0.133. The minimum absolute atomic E-state index is 0.00841. The van der Waals surface area contributed by atoms with E-state index in [1.165, 1.54) is 17.7 Å². The van der Waals surface area contributed by atoms with E-state index in [2.05, 4.69) is 24.0 Å². The molecule has 176 valence electrons. The summed E-state index contributed by atoms with van der Waals surface area (Å²) in [4.78, 5) is 19.1. The Bertz CT molecular complexity index is 1210. The summed E-state index contributed by atoms with van der Waals surface area (Å²) in [5.74, 6) is -0.667. The zero-order valence-electron chi connectivity index (χ0n) is 18.7. The standard InChI is InChI=1S/C24H27FN2O4S2/c1-16-5-6-17(2)23-22(16)26-24(32-23)31-19-11-13-27(14-12-19)21(28)4-3-15-33(29,30)20-9-7-18(25)8-10-20/h5-10,19H,3-4,11-15H2,1-2H3. The molecule has 0 radical (unpaired) electrons. The van der Waals surface area contributed by atoms with Crippen molar-refractivity contribution >= 4 is 37.3 Å². The Morgan fingerprint density at radius 2 is 1.79 bits per heavy atom. The quantitative estimate of drug-likeness (QED) is 0.450. The number of aromatic nitrogens is 1. The molecular weight excluding hydrogens is 463 g/mol. The van der Waals surface area contributed by atoms with E-state index in [1.807, 2.05) is 6.92 Å². The minimum atomic E-state index is -3.53. The van der Waals surface area contributed by atoms with Crippen molar-refractivity contribution in [1.29, 1.82) is 0 Å². The van der Waals surface area contributed by atoms with Gasteiger partial charge >= 0.3 is 0 Å². The second-order valence-corrected chi connectivity index (χ2v) is 11.5. The van der Waals surface area contributed by atoms with Crippen LogP contribution in [-0.2, 0) is 14.6 Å². The van der Waals surface area contributed by atoms with Crippen molar-refractivity contribution in [2.75, 3.05) is 18.8 Å². The number of halogens is 1. The SMILES string of the molecule is Cc1ccc(C)c2sc(OC3CCN(C(=O)CCCS(=O)(=O)c4ccc(F)cc4)CC3)nc12. The number of likely N-dealkylation sites (tertiary alicyclic amines) is 1. The maximum absolute atomic E-state index is 13.0. The number of ether oxygens (including phenoxy) is 1. The molecule has 1 aliphatic heterocycles. The van der Waals surface area contributed by atoms with Crippen LogP contribution in [0.5, 0.6) is 5.19 Å². The predicted molar refractivity (Wildman–Crippen MR) is 127 cm³/mol. The predicted octanol–water partition coefficient (Wildman–Crippen LogP) is 4.68. The Balaban J connectivity index is 1.25. The highest BCUT2D eigenvalue weighted by molar-refractivity contribution is 7.91. The fourth-order valence-electron chi connectivity index (χ4n) is 3.99. The van der Waals surface area contributed by atoms with Gasteiger partial charge in [-0.25, -0.2) is 17.8 Å². The van der Waals surface area contributed by atoms with Gasteiger partial charge in [-0.2, -0.15) is 0 Å². The molecule has 6 nitrogen and oxygen atoms in total. The highest BCUT2D eigenvalue weighted by Gasteiger charge is 2.25. The summed E-state index contributed by atoms with van der Waals surface area (Å²) in [6.45, 7) is 5.27. The monoisotopic (exact) mass is 490 g/mol. The first-order valence-corrected chi connectivity index (χ1v) is 13.5. The number of rotatable bonds is 7. The smallest absolute Gasteiger partial charge is 0.274 e. The van der Waals surface area contributed by atoms with E-state index in [9.17, 15) is 17.6 Å². The van der Waals surface area contributed by atoms with Crippen molar-refractivity contribution in [3.05, 3.63) is 53.3 Å². The molecule has 0 unspecified atom stereocenters. The third kappa shape index (κ3) is 5.52. The molecule has 1 amide bonds. The zero-order chi connectivity index (χ0) is 23.6. The average molecular weight is 491 g/mol. The number of piperidine rings is 1. The van der Waals surface area contributed by atoms with E-state index in [1.54, 1.807) is 16.2 Å². The Morgan fingerprint density at radius 3 is 2.45 bits per heavy atom. The molecule has 0 atom stereocenters. The number of amides is 1. The van der Waals surface area contributed by atoms with Crippen LogP contribution < -0.4 is 4.74 Å². The second kappa shape index (κ2) is 9.77. The molecule has 9 heteroatoms. The van der Waals surface area contributed by atoms with Crippen LogP contribution in [0.25, 0.3) is 10.2 Å². The van der Waals surface area contributed by atoms with E-state index < -0.39 is 15.7 Å². The van der Waals surface area contributed by atoms with E-state index in [0.29, 0.717) is 31.1 Å². The molecule has 2 heterocycles. The van der Waals surface area contributed by atoms with Crippen LogP contribution in [-0.4, -0.2) is 49.2 Å². The highest BCUT2D eigenvalue weighted by Crippen LogP contribution is 2.33. The van der Waals surface area contributed by atoms with Gasteiger partial charge in [0.2, 0.25) is 5.91 Å². The first kappa shape index (κ1) is 23.6. The third-order valence-corrected chi connectivity index (χ3v) is 8.86. The molecule has 1 aromatic heterocycles. The van der Waals surface area contributed by atoms with Gasteiger partial charge in [-0.1, -0.05) is 23.5 Å². The summed E-state index contributed by atoms with van der Waals surface area (Å²) in [6.07, 6.45) is 1.84. The summed E-state index contributed by atoms with van der Waals surface area (Å²) < 4.78 is 45.0. The summed E-state index contributed by atoms with van der Waals surface area (Å²) in [5.41, 5.74) is 3.30. The highest BCUT2D eigenvalue weighted by atomic mass is 32.2. The number of fused-ring (bicyclic) bond motifs is 1. The number of carbonyl (C=O) groups is 1. The van der Waals surface area contributed by atoms with Gasteiger partial charge in [0, 0.05) is 32.4 Å². The van der Waals surface area contributed by atoms with Gasteiger partial charge in [0.15, 0.2) is 9.84 Å². The number of hydrogen-bond donors (Lipinski definition) is 0.